The molecule has 1 heterocycles. The Kier molecular flexibility index (Phi) is 4.26. The average Bonchev–Trinajstić information content (AvgIpc) is 2.71. The molecule has 1 atom stereocenters. The lowest BCUT2D eigenvalue weighted by Crippen LogP contribution is -2.44. The normalized spacial score (nSPS) is 21.5. The van der Waals surface area contributed by atoms with Gasteiger partial charge in [-0.1, -0.05) is 50.1 Å². The number of unbranched alkanes of at least 4 members (excludes halogenated alkanes) is 1. The number of nitrogens with two attached hydrogens (primary N) is 1. The van der Waals surface area contributed by atoms with Crippen molar-refractivity contribution >= 4 is 17.8 Å². The second kappa shape index (κ2) is 5.95. The van der Waals surface area contributed by atoms with E-state index in [1.54, 1.807) is 0 Å². The fraction of sp³-hybridized carbons (Fsp3) is 0.400. The summed E-state index contributed by atoms with van der Waals surface area (Å²) in [5.41, 5.74) is 4.74. The first-order valence-corrected chi connectivity index (χ1v) is 6.99. The van der Waals surface area contributed by atoms with Crippen molar-refractivity contribution in [2.75, 3.05) is 6.54 Å². The third-order valence-electron chi connectivity index (χ3n) is 3.66. The monoisotopic (exact) mass is 289 g/mol. The lowest BCUT2D eigenvalue weighted by Gasteiger charge is -2.27. The number of hydrogen-bond donors (Lipinski definition) is 2. The summed E-state index contributed by atoms with van der Waals surface area (Å²) in [6.45, 7) is 1.62. The van der Waals surface area contributed by atoms with Gasteiger partial charge in [0, 0.05) is 0 Å². The summed E-state index contributed by atoms with van der Waals surface area (Å²) in [6, 6.07) is 8.53. The van der Waals surface area contributed by atoms with Gasteiger partial charge >= 0.3 is 6.03 Å². The van der Waals surface area contributed by atoms with Crippen molar-refractivity contribution in [3.05, 3.63) is 35.9 Å². The fourth-order valence-corrected chi connectivity index (χ4v) is 2.60. The molecule has 0 radical (unpaired) electrons. The highest BCUT2D eigenvalue weighted by molar-refractivity contribution is 6.09. The van der Waals surface area contributed by atoms with Crippen molar-refractivity contribution in [3.8, 4) is 0 Å². The Labute approximate surface area is 123 Å². The number of carbonyl (C=O) groups is 3. The minimum atomic E-state index is -1.09. The van der Waals surface area contributed by atoms with E-state index in [0.29, 0.717) is 6.42 Å². The van der Waals surface area contributed by atoms with E-state index in [1.807, 2.05) is 37.3 Å². The molecular weight excluding hydrogens is 270 g/mol. The second-order valence-electron chi connectivity index (χ2n) is 5.16. The summed E-state index contributed by atoms with van der Waals surface area (Å²) in [5, 5.41) is 2.75. The zero-order valence-electron chi connectivity index (χ0n) is 12.0. The van der Waals surface area contributed by atoms with Crippen LogP contribution in [0.2, 0.25) is 0 Å². The van der Waals surface area contributed by atoms with Crippen molar-refractivity contribution in [1.82, 2.24) is 10.2 Å². The lowest BCUT2D eigenvalue weighted by atomic mass is 9.85. The molecule has 1 unspecified atom stereocenters. The second-order valence-corrected chi connectivity index (χ2v) is 5.16. The van der Waals surface area contributed by atoms with Crippen LogP contribution in [0.25, 0.3) is 0 Å². The third-order valence-corrected chi connectivity index (χ3v) is 3.66. The lowest BCUT2D eigenvalue weighted by molar-refractivity contribution is -0.134. The topological polar surface area (TPSA) is 92.5 Å². The molecule has 4 amide bonds. The van der Waals surface area contributed by atoms with Gasteiger partial charge in [0.2, 0.25) is 5.91 Å². The SMILES string of the molecule is CCCCC1(c2ccccc2)NC(=O)N(CC(N)=O)C1=O. The minimum Gasteiger partial charge on any atom is -0.368 e. The Morgan fingerprint density at radius 1 is 1.29 bits per heavy atom. The van der Waals surface area contributed by atoms with Crippen LogP contribution < -0.4 is 11.1 Å². The summed E-state index contributed by atoms with van der Waals surface area (Å²) in [7, 11) is 0. The van der Waals surface area contributed by atoms with Gasteiger partial charge in [-0.3, -0.25) is 14.5 Å². The molecule has 1 aromatic rings. The number of urea groups is 1. The van der Waals surface area contributed by atoms with Crippen LogP contribution in [0.15, 0.2) is 30.3 Å². The molecule has 6 heteroatoms. The van der Waals surface area contributed by atoms with Gasteiger partial charge in [-0.15, -0.1) is 0 Å². The molecule has 1 aliphatic heterocycles. The molecule has 112 valence electrons. The Morgan fingerprint density at radius 3 is 2.52 bits per heavy atom. The third kappa shape index (κ3) is 2.74. The number of hydrogen-bond acceptors (Lipinski definition) is 3. The minimum absolute atomic E-state index is 0.397. The van der Waals surface area contributed by atoms with Gasteiger partial charge in [-0.05, 0) is 12.0 Å². The van der Waals surface area contributed by atoms with Crippen LogP contribution >= 0.6 is 0 Å². The zero-order chi connectivity index (χ0) is 15.5. The average molecular weight is 289 g/mol. The summed E-state index contributed by atoms with van der Waals surface area (Å²) in [6.07, 6.45) is 2.17. The van der Waals surface area contributed by atoms with E-state index in [2.05, 4.69) is 5.32 Å². The number of amides is 4. The molecule has 0 spiro atoms. The van der Waals surface area contributed by atoms with Gasteiger partial charge < -0.3 is 11.1 Å². The summed E-state index contributed by atoms with van der Waals surface area (Å²) < 4.78 is 0. The van der Waals surface area contributed by atoms with Gasteiger partial charge in [-0.2, -0.15) is 0 Å². The van der Waals surface area contributed by atoms with Crippen LogP contribution in [0.4, 0.5) is 4.79 Å². The molecule has 0 aliphatic carbocycles. The van der Waals surface area contributed by atoms with E-state index >= 15 is 0 Å². The number of carbonyl (C=O) groups excluding carboxylic acids is 3. The summed E-state index contributed by atoms with van der Waals surface area (Å²) >= 11 is 0. The molecule has 1 saturated heterocycles. The van der Waals surface area contributed by atoms with Gasteiger partial charge in [0.05, 0.1) is 0 Å². The van der Waals surface area contributed by atoms with Crippen molar-refractivity contribution in [3.63, 3.8) is 0 Å². The van der Waals surface area contributed by atoms with E-state index in [-0.39, 0.29) is 0 Å². The molecule has 1 aromatic carbocycles. The van der Waals surface area contributed by atoms with Gasteiger partial charge in [-0.25, -0.2) is 4.79 Å². The van der Waals surface area contributed by atoms with Crippen LogP contribution in [0, 0.1) is 0 Å². The molecule has 21 heavy (non-hydrogen) atoms. The van der Waals surface area contributed by atoms with Crippen LogP contribution in [0.5, 0.6) is 0 Å². The van der Waals surface area contributed by atoms with Gasteiger partial charge in [0.15, 0.2) is 0 Å². The van der Waals surface area contributed by atoms with Crippen molar-refractivity contribution in [2.45, 2.75) is 31.7 Å². The molecule has 2 rings (SSSR count). The van der Waals surface area contributed by atoms with Gasteiger partial charge in [0.25, 0.3) is 5.91 Å². The maximum atomic E-state index is 12.7. The van der Waals surface area contributed by atoms with Crippen LogP contribution in [-0.2, 0) is 15.1 Å². The van der Waals surface area contributed by atoms with E-state index in [0.717, 1.165) is 23.3 Å². The number of primary amides is 1. The number of benzene rings is 1. The maximum absolute atomic E-state index is 12.7. The molecule has 6 nitrogen and oxygen atoms in total. The van der Waals surface area contributed by atoms with Gasteiger partial charge in [0.1, 0.15) is 12.1 Å². The Balaban J connectivity index is 2.40. The first kappa shape index (κ1) is 15.0. The fourth-order valence-electron chi connectivity index (χ4n) is 2.60. The van der Waals surface area contributed by atoms with E-state index in [1.165, 1.54) is 0 Å². The molecule has 1 fully saturated rings. The first-order chi connectivity index (χ1) is 10.0. The van der Waals surface area contributed by atoms with E-state index < -0.39 is 29.9 Å². The summed E-state index contributed by atoms with van der Waals surface area (Å²) in [4.78, 5) is 36.7. The highest BCUT2D eigenvalue weighted by Gasteiger charge is 2.51. The zero-order valence-corrected chi connectivity index (χ0v) is 12.0. The standard InChI is InChI=1S/C15H19N3O3/c1-2-3-9-15(11-7-5-4-6-8-11)13(20)18(10-12(16)19)14(21)17-15/h4-8H,2-3,9-10H2,1H3,(H2,16,19)(H,17,21). The van der Waals surface area contributed by atoms with Crippen LogP contribution in [-0.4, -0.2) is 29.3 Å². The van der Waals surface area contributed by atoms with E-state index in [9.17, 15) is 14.4 Å². The molecular formula is C15H19N3O3. The molecule has 0 bridgehead atoms. The number of nitrogens with one attached hydrogen (secondary N) is 1. The smallest absolute Gasteiger partial charge is 0.325 e. The Morgan fingerprint density at radius 2 is 1.95 bits per heavy atom. The molecule has 1 aliphatic rings. The number of nitrogens with zero attached hydrogens (tertiary/aromatic N) is 1. The molecule has 0 aromatic heterocycles. The maximum Gasteiger partial charge on any atom is 0.325 e. The van der Waals surface area contributed by atoms with Crippen molar-refractivity contribution < 1.29 is 14.4 Å². The van der Waals surface area contributed by atoms with Crippen LogP contribution in [0.3, 0.4) is 0 Å². The highest BCUT2D eigenvalue weighted by atomic mass is 16.2. The quantitative estimate of drug-likeness (QED) is 0.768. The molecule has 0 saturated carbocycles. The van der Waals surface area contributed by atoms with Crippen LogP contribution in [0.1, 0.15) is 31.7 Å². The first-order valence-electron chi connectivity index (χ1n) is 6.99. The van der Waals surface area contributed by atoms with E-state index in [4.69, 9.17) is 5.73 Å². The van der Waals surface area contributed by atoms with Crippen molar-refractivity contribution in [2.24, 2.45) is 5.73 Å². The summed E-state index contributed by atoms with van der Waals surface area (Å²) in [5.74, 6) is -1.12. The Hall–Kier alpha value is -2.37. The number of imide groups is 1. The largest absolute Gasteiger partial charge is 0.368 e. The predicted molar refractivity (Wildman–Crippen MR) is 77.1 cm³/mol. The predicted octanol–water partition coefficient (Wildman–Crippen LogP) is 1.11. The Bertz CT molecular complexity index is 559. The van der Waals surface area contributed by atoms with Crippen molar-refractivity contribution in [1.29, 1.82) is 0 Å². The molecule has 3 N–H and O–H groups in total. The highest BCUT2D eigenvalue weighted by Crippen LogP contribution is 2.33. The number of rotatable bonds is 6.